The number of carbonyl (C=O) groups excluding carboxylic acids is 1. The van der Waals surface area contributed by atoms with Crippen LogP contribution in [0.5, 0.6) is 17.2 Å². The van der Waals surface area contributed by atoms with E-state index >= 15 is 0 Å². The fourth-order valence-corrected chi connectivity index (χ4v) is 4.76. The first-order valence-corrected chi connectivity index (χ1v) is 11.3. The van der Waals surface area contributed by atoms with Gasteiger partial charge in [-0.3, -0.25) is 0 Å². The monoisotopic (exact) mass is 494 g/mol. The highest BCUT2D eigenvalue weighted by molar-refractivity contribution is 7.98. The summed E-state index contributed by atoms with van der Waals surface area (Å²) in [4.78, 5) is 16.0. The van der Waals surface area contributed by atoms with E-state index in [1.807, 2.05) is 54.9 Å². The van der Waals surface area contributed by atoms with Gasteiger partial charge in [0.2, 0.25) is 0 Å². The summed E-state index contributed by atoms with van der Waals surface area (Å²) in [5, 5.41) is 11.3. The summed E-state index contributed by atoms with van der Waals surface area (Å²) in [6.07, 6.45) is 0. The topological polar surface area (TPSA) is 73.2 Å². The molecule has 3 aromatic rings. The molecule has 180 valence electrons. The van der Waals surface area contributed by atoms with E-state index in [0.717, 1.165) is 21.5 Å². The summed E-state index contributed by atoms with van der Waals surface area (Å²) in [5.74, 6) is 1.64. The third-order valence-electron chi connectivity index (χ3n) is 5.26. The number of ether oxygens (including phenoxy) is 3. The second-order valence-electron chi connectivity index (χ2n) is 7.60. The van der Waals surface area contributed by atoms with E-state index in [0.29, 0.717) is 34.9 Å². The minimum atomic E-state index is -0.383. The van der Waals surface area contributed by atoms with Crippen LogP contribution in [-0.4, -0.2) is 55.5 Å². The third-order valence-corrected chi connectivity index (χ3v) is 6.26. The van der Waals surface area contributed by atoms with E-state index in [4.69, 9.17) is 14.2 Å². The SMILES string of the molecule is CCOC(=O)c1c(CSc2ccc(OC)c(OC)c2)n(C)c2ccc(O)c(CN(C)C)c12.Cl. The summed E-state index contributed by atoms with van der Waals surface area (Å²) < 4.78 is 18.2. The zero-order valence-electron chi connectivity index (χ0n) is 19.8. The van der Waals surface area contributed by atoms with Crippen molar-refractivity contribution in [2.45, 2.75) is 24.1 Å². The van der Waals surface area contributed by atoms with Crippen LogP contribution in [0.2, 0.25) is 0 Å². The minimum absolute atomic E-state index is 0. The number of fused-ring (bicyclic) bond motifs is 1. The second-order valence-corrected chi connectivity index (χ2v) is 8.65. The maximum absolute atomic E-state index is 13.1. The molecule has 0 aliphatic heterocycles. The Hall–Kier alpha value is -2.55. The molecule has 0 saturated carbocycles. The van der Waals surface area contributed by atoms with Crippen LogP contribution in [0, 0.1) is 0 Å². The Bertz CT molecular complexity index is 1130. The van der Waals surface area contributed by atoms with Crippen molar-refractivity contribution in [2.75, 3.05) is 34.9 Å². The third kappa shape index (κ3) is 5.51. The number of aromatic hydroxyl groups is 1. The molecule has 9 heteroatoms. The maximum Gasteiger partial charge on any atom is 0.340 e. The van der Waals surface area contributed by atoms with Gasteiger partial charge < -0.3 is 28.8 Å². The van der Waals surface area contributed by atoms with Gasteiger partial charge in [0.1, 0.15) is 5.75 Å². The second kappa shape index (κ2) is 11.5. The average molecular weight is 495 g/mol. The predicted octanol–water partition coefficient (Wildman–Crippen LogP) is 4.85. The Labute approximate surface area is 205 Å². The van der Waals surface area contributed by atoms with Crippen LogP contribution in [0.15, 0.2) is 35.2 Å². The number of benzene rings is 2. The maximum atomic E-state index is 13.1. The van der Waals surface area contributed by atoms with Gasteiger partial charge >= 0.3 is 5.97 Å². The molecule has 0 saturated heterocycles. The highest BCUT2D eigenvalue weighted by Crippen LogP contribution is 2.38. The highest BCUT2D eigenvalue weighted by Gasteiger charge is 2.26. The van der Waals surface area contributed by atoms with Gasteiger partial charge in [0.15, 0.2) is 11.5 Å². The zero-order valence-corrected chi connectivity index (χ0v) is 21.4. The van der Waals surface area contributed by atoms with Crippen molar-refractivity contribution in [3.8, 4) is 17.2 Å². The lowest BCUT2D eigenvalue weighted by Crippen LogP contribution is -2.13. The van der Waals surface area contributed by atoms with Crippen LogP contribution < -0.4 is 9.47 Å². The molecule has 3 rings (SSSR count). The van der Waals surface area contributed by atoms with Gasteiger partial charge in [-0.25, -0.2) is 4.79 Å². The molecule has 2 aromatic carbocycles. The van der Waals surface area contributed by atoms with Gasteiger partial charge in [0, 0.05) is 46.4 Å². The van der Waals surface area contributed by atoms with Gasteiger partial charge in [-0.1, -0.05) is 0 Å². The Morgan fingerprint density at radius 3 is 2.42 bits per heavy atom. The largest absolute Gasteiger partial charge is 0.508 e. The van der Waals surface area contributed by atoms with E-state index in [9.17, 15) is 9.90 Å². The Morgan fingerprint density at radius 2 is 1.82 bits per heavy atom. The van der Waals surface area contributed by atoms with E-state index in [-0.39, 0.29) is 30.7 Å². The molecule has 0 bridgehead atoms. The fourth-order valence-electron chi connectivity index (χ4n) is 3.77. The van der Waals surface area contributed by atoms with Crippen molar-refractivity contribution in [2.24, 2.45) is 7.05 Å². The first-order valence-electron chi connectivity index (χ1n) is 10.3. The van der Waals surface area contributed by atoms with Crippen molar-refractivity contribution >= 4 is 41.0 Å². The van der Waals surface area contributed by atoms with Gasteiger partial charge in [-0.05, 0) is 51.4 Å². The number of carbonyl (C=O) groups is 1. The predicted molar refractivity (Wildman–Crippen MR) is 134 cm³/mol. The number of phenolic OH excluding ortho intramolecular Hbond substituents is 1. The summed E-state index contributed by atoms with van der Waals surface area (Å²) in [6, 6.07) is 9.27. The number of aromatic nitrogens is 1. The van der Waals surface area contributed by atoms with E-state index < -0.39 is 0 Å². The van der Waals surface area contributed by atoms with E-state index in [1.165, 1.54) is 0 Å². The van der Waals surface area contributed by atoms with Crippen LogP contribution in [0.25, 0.3) is 10.9 Å². The van der Waals surface area contributed by atoms with Crippen LogP contribution in [0.4, 0.5) is 0 Å². The van der Waals surface area contributed by atoms with Crippen LogP contribution in [-0.2, 0) is 24.1 Å². The molecule has 1 N–H and O–H groups in total. The zero-order chi connectivity index (χ0) is 23.4. The van der Waals surface area contributed by atoms with Crippen molar-refractivity contribution in [1.29, 1.82) is 0 Å². The smallest absolute Gasteiger partial charge is 0.340 e. The van der Waals surface area contributed by atoms with Gasteiger partial charge in [0.25, 0.3) is 0 Å². The normalized spacial score (nSPS) is 10.9. The van der Waals surface area contributed by atoms with E-state index in [2.05, 4.69) is 0 Å². The Balaban J connectivity index is 0.00000385. The summed E-state index contributed by atoms with van der Waals surface area (Å²) in [5.41, 5.74) is 2.94. The number of rotatable bonds is 9. The number of phenols is 1. The van der Waals surface area contributed by atoms with Crippen molar-refractivity contribution in [3.63, 3.8) is 0 Å². The molecule has 33 heavy (non-hydrogen) atoms. The molecule has 0 unspecified atom stereocenters. The van der Waals surface area contributed by atoms with Crippen molar-refractivity contribution < 1.29 is 24.1 Å². The lowest BCUT2D eigenvalue weighted by molar-refractivity contribution is 0.0527. The Kier molecular flexibility index (Phi) is 9.34. The number of hydrogen-bond donors (Lipinski definition) is 1. The number of esters is 1. The molecule has 0 amide bonds. The van der Waals surface area contributed by atoms with Gasteiger partial charge in [0.05, 0.1) is 26.4 Å². The molecule has 1 heterocycles. The van der Waals surface area contributed by atoms with Crippen LogP contribution >= 0.6 is 24.2 Å². The molecule has 0 fully saturated rings. The number of methoxy groups -OCH3 is 2. The first kappa shape index (κ1) is 26.7. The van der Waals surface area contributed by atoms with E-state index in [1.54, 1.807) is 39.0 Å². The molecule has 0 atom stereocenters. The molecule has 0 aliphatic carbocycles. The summed E-state index contributed by atoms with van der Waals surface area (Å²) in [7, 11) is 9.00. The van der Waals surface area contributed by atoms with Gasteiger partial charge in [-0.15, -0.1) is 24.2 Å². The first-order chi connectivity index (χ1) is 15.3. The number of aryl methyl sites for hydroxylation is 1. The number of halogens is 1. The highest BCUT2D eigenvalue weighted by atomic mass is 35.5. The quantitative estimate of drug-likeness (QED) is 0.336. The van der Waals surface area contributed by atoms with Crippen molar-refractivity contribution in [1.82, 2.24) is 9.47 Å². The molecule has 1 aromatic heterocycles. The fraction of sp³-hybridized carbons (Fsp3) is 0.375. The average Bonchev–Trinajstić information content (AvgIpc) is 3.05. The molecule has 0 aliphatic rings. The van der Waals surface area contributed by atoms with Crippen molar-refractivity contribution in [3.05, 3.63) is 47.2 Å². The standard InChI is InChI=1S/C24H30N2O5S.ClH/c1-7-31-24(28)23-18(14-32-15-8-11-20(29-5)21(12-15)30-6)26(4)17-9-10-19(27)16(22(17)23)13-25(2)3;/h8-12,27H,7,13-14H2,1-6H3;1H. The van der Waals surface area contributed by atoms with Crippen LogP contribution in [0.1, 0.15) is 28.5 Å². The molecular formula is C24H31ClN2O5S. The lowest BCUT2D eigenvalue weighted by Gasteiger charge is -2.14. The summed E-state index contributed by atoms with van der Waals surface area (Å²) in [6.45, 7) is 2.57. The number of hydrogen-bond acceptors (Lipinski definition) is 7. The number of thioether (sulfide) groups is 1. The minimum Gasteiger partial charge on any atom is -0.508 e. The molecule has 7 nitrogen and oxygen atoms in total. The Morgan fingerprint density at radius 1 is 1.12 bits per heavy atom. The molecule has 0 spiro atoms. The number of nitrogens with zero attached hydrogens (tertiary/aromatic N) is 2. The van der Waals surface area contributed by atoms with Gasteiger partial charge in [-0.2, -0.15) is 0 Å². The lowest BCUT2D eigenvalue weighted by atomic mass is 10.0. The summed E-state index contributed by atoms with van der Waals surface area (Å²) >= 11 is 1.59. The molecule has 0 radical (unpaired) electrons. The van der Waals surface area contributed by atoms with Crippen LogP contribution in [0.3, 0.4) is 0 Å². The molecular weight excluding hydrogens is 464 g/mol.